The van der Waals surface area contributed by atoms with Gasteiger partial charge >= 0.3 is 11.9 Å². The van der Waals surface area contributed by atoms with E-state index < -0.39 is 46.3 Å². The van der Waals surface area contributed by atoms with Crippen LogP contribution >= 0.6 is 0 Å². The van der Waals surface area contributed by atoms with E-state index in [0.29, 0.717) is 36.7 Å². The number of hydrogen-bond donors (Lipinski definition) is 8. The molecule has 8 radical (unpaired) electrons. The van der Waals surface area contributed by atoms with Gasteiger partial charge in [0, 0.05) is 44.5 Å². The monoisotopic (exact) mass is 979 g/mol. The van der Waals surface area contributed by atoms with Crippen LogP contribution in [-0.2, 0) is 28.6 Å². The fourth-order valence-electron chi connectivity index (χ4n) is 9.70. The summed E-state index contributed by atoms with van der Waals surface area (Å²) >= 11 is 0. The van der Waals surface area contributed by atoms with Crippen molar-refractivity contribution >= 4 is 53.4 Å². The molecular formula is C49H74B4O15S. The summed E-state index contributed by atoms with van der Waals surface area (Å²) in [7, 11) is 18.4. The van der Waals surface area contributed by atoms with Gasteiger partial charge in [0.05, 0.1) is 78.5 Å². The minimum absolute atomic E-state index is 0.0231. The van der Waals surface area contributed by atoms with Crippen molar-refractivity contribution in [1.29, 1.82) is 0 Å². The van der Waals surface area contributed by atoms with Gasteiger partial charge in [-0.3, -0.25) is 8.98 Å². The lowest BCUT2D eigenvalue weighted by Gasteiger charge is -2.23. The van der Waals surface area contributed by atoms with E-state index in [2.05, 4.69) is 20.8 Å². The van der Waals surface area contributed by atoms with Crippen molar-refractivity contribution in [3.05, 3.63) is 65.7 Å². The van der Waals surface area contributed by atoms with Crippen LogP contribution in [0.2, 0.25) is 23.3 Å². The summed E-state index contributed by atoms with van der Waals surface area (Å²) in [5.74, 6) is -0.953. The molecule has 5 saturated carbocycles. The van der Waals surface area contributed by atoms with Crippen molar-refractivity contribution in [2.24, 2.45) is 35.5 Å². The van der Waals surface area contributed by atoms with Crippen LogP contribution in [0, 0.1) is 42.4 Å². The highest BCUT2D eigenvalue weighted by molar-refractivity contribution is 7.86. The first-order valence-electron chi connectivity index (χ1n) is 24.2. The number of aryl methyl sites for hydroxylation is 1. The Morgan fingerprint density at radius 2 is 1.12 bits per heavy atom. The highest BCUT2D eigenvalue weighted by atomic mass is 32.2. The number of esters is 2. The van der Waals surface area contributed by atoms with Gasteiger partial charge in [0.2, 0.25) is 0 Å². The number of carbonyl (C=O) groups excluding carboxylic acids is 2. The van der Waals surface area contributed by atoms with Crippen LogP contribution in [0.3, 0.4) is 0 Å². The third-order valence-corrected chi connectivity index (χ3v) is 15.4. The zero-order valence-corrected chi connectivity index (χ0v) is 41.5. The standard InChI is InChI=1S/C17H22O4.C13H17BO5S.C7H13BO.C6H11BO3.C6H11BO2/c1-4-13-10-15(20-12(3)18)16(11(13)2)21-17(19)14-8-6-5-7-9-14;1-8-2-4-10(5-3-8)20(17,18)19-13-11(14)6-9(7-15)12(13)16;1-2-5-3-6(8)4-7(5)9;7-4-1-3(2-8)5(9)6(4)10;7-5-1-4(3-8)6(9)2-5/h5-9,11,13,15-16H,4,10H2,1-3H3;2-5,9,11-13,15-16H,6-7H2,1H3;5-7,9H,2-4H2,1H3;3-6,8-10H,1-2H2;4-6,8-9H,1-3H2. The zero-order valence-electron chi connectivity index (χ0n) is 40.7. The van der Waals surface area contributed by atoms with Crippen LogP contribution in [0.15, 0.2) is 59.5 Å². The molecule has 0 bridgehead atoms. The number of ether oxygens (including phenoxy) is 2. The molecule has 18 atom stereocenters. The zero-order chi connectivity index (χ0) is 51.7. The second-order valence-electron chi connectivity index (χ2n) is 19.3. The lowest BCUT2D eigenvalue weighted by Crippen LogP contribution is -2.33. The van der Waals surface area contributed by atoms with Crippen molar-refractivity contribution < 1.29 is 72.5 Å². The average Bonchev–Trinajstić information content (AvgIpc) is 4.07. The summed E-state index contributed by atoms with van der Waals surface area (Å²) in [5.41, 5.74) is 1.45. The molecular weight excluding hydrogens is 904 g/mol. The molecule has 69 heavy (non-hydrogen) atoms. The van der Waals surface area contributed by atoms with Gasteiger partial charge in [-0.05, 0) is 92.7 Å². The molecule has 0 heterocycles. The smallest absolute Gasteiger partial charge is 0.338 e. The SMILES string of the molecule is CCC1CC(OC(C)=O)C(OC(=O)c2ccccc2)C1C.[B]C1CC(CO)C(O)C1O.[B]C1CC(CO)C(O)C1OS(=O)(=O)c1ccc(C)cc1.[B]C1CC(O)C(CC)C1.[B]C1CC(O)C(CO)C1. The van der Waals surface area contributed by atoms with Gasteiger partial charge in [0.15, 0.2) is 0 Å². The molecule has 20 heteroatoms. The highest BCUT2D eigenvalue weighted by Crippen LogP contribution is 2.40. The predicted molar refractivity (Wildman–Crippen MR) is 263 cm³/mol. The maximum atomic E-state index is 12.2. The third-order valence-electron chi connectivity index (χ3n) is 14.1. The molecule has 2 aromatic rings. The Hall–Kier alpha value is -2.77. The second-order valence-corrected chi connectivity index (χ2v) is 20.9. The quantitative estimate of drug-likeness (QED) is 0.0915. The number of aliphatic hydroxyl groups is 8. The van der Waals surface area contributed by atoms with Crippen LogP contribution in [-0.4, -0.2) is 161 Å². The van der Waals surface area contributed by atoms with E-state index in [1.54, 1.807) is 36.4 Å². The molecule has 0 saturated heterocycles. The minimum atomic E-state index is -3.98. The Labute approximate surface area is 414 Å². The maximum Gasteiger partial charge on any atom is 0.338 e. The number of carbonyl (C=O) groups is 2. The molecule has 8 N–H and O–H groups in total. The first-order valence-corrected chi connectivity index (χ1v) is 25.6. The molecule has 0 amide bonds. The van der Waals surface area contributed by atoms with Crippen LogP contribution in [0.4, 0.5) is 0 Å². The predicted octanol–water partition coefficient (Wildman–Crippen LogP) is 3.12. The molecule has 2 aromatic carbocycles. The molecule has 18 unspecified atom stereocenters. The van der Waals surface area contributed by atoms with Crippen molar-refractivity contribution in [3.63, 3.8) is 0 Å². The summed E-state index contributed by atoms with van der Waals surface area (Å²) in [4.78, 5) is 23.5. The Bertz CT molecular complexity index is 1900. The molecule has 378 valence electrons. The van der Waals surface area contributed by atoms with Crippen LogP contribution in [0.1, 0.15) is 101 Å². The molecule has 7 rings (SSSR count). The Balaban J connectivity index is 0.000000241. The number of hydrogen-bond acceptors (Lipinski definition) is 15. The largest absolute Gasteiger partial charge is 0.459 e. The molecule has 15 nitrogen and oxygen atoms in total. The molecule has 0 aliphatic heterocycles. The van der Waals surface area contributed by atoms with Gasteiger partial charge in [-0.15, -0.1) is 0 Å². The third kappa shape index (κ3) is 18.0. The average molecular weight is 978 g/mol. The number of rotatable bonds is 11. The first-order chi connectivity index (χ1) is 32.5. The topological polar surface area (TPSA) is 258 Å². The first kappa shape index (κ1) is 60.5. The molecule has 0 aromatic heterocycles. The molecule has 5 aliphatic carbocycles. The number of aliphatic hydroxyl groups excluding tert-OH is 8. The Morgan fingerprint density at radius 3 is 1.51 bits per heavy atom. The van der Waals surface area contributed by atoms with Gasteiger partial charge in [-0.2, -0.15) is 8.42 Å². The lowest BCUT2D eigenvalue weighted by atomic mass is 9.84. The summed E-state index contributed by atoms with van der Waals surface area (Å²) < 4.78 is 40.3. The minimum Gasteiger partial charge on any atom is -0.459 e. The molecule has 0 spiro atoms. The van der Waals surface area contributed by atoms with E-state index >= 15 is 0 Å². The summed E-state index contributed by atoms with van der Waals surface area (Å²) in [6.07, 6.45) is 1.82. The van der Waals surface area contributed by atoms with Crippen LogP contribution in [0.5, 0.6) is 0 Å². The molecule has 5 aliphatic rings. The number of benzene rings is 2. The van der Waals surface area contributed by atoms with Crippen molar-refractivity contribution in [2.45, 2.75) is 169 Å². The van der Waals surface area contributed by atoms with Gasteiger partial charge < -0.3 is 50.3 Å². The van der Waals surface area contributed by atoms with Gasteiger partial charge in [0.25, 0.3) is 10.1 Å². The Morgan fingerprint density at radius 1 is 0.609 bits per heavy atom. The van der Waals surface area contributed by atoms with E-state index in [0.717, 1.165) is 44.1 Å². The van der Waals surface area contributed by atoms with E-state index in [9.17, 15) is 28.2 Å². The van der Waals surface area contributed by atoms with Crippen molar-refractivity contribution in [3.8, 4) is 0 Å². The van der Waals surface area contributed by atoms with E-state index in [1.165, 1.54) is 19.1 Å². The summed E-state index contributed by atoms with van der Waals surface area (Å²) in [5, 5.41) is 72.9. The maximum absolute atomic E-state index is 12.2. The fraction of sp³-hybridized carbons (Fsp3) is 0.714. The van der Waals surface area contributed by atoms with E-state index in [-0.39, 0.29) is 96.3 Å². The highest BCUT2D eigenvalue weighted by Gasteiger charge is 2.45. The lowest BCUT2D eigenvalue weighted by molar-refractivity contribution is -0.151. The van der Waals surface area contributed by atoms with Crippen molar-refractivity contribution in [2.75, 3.05) is 19.8 Å². The van der Waals surface area contributed by atoms with E-state index in [1.807, 2.05) is 13.0 Å². The van der Waals surface area contributed by atoms with Crippen molar-refractivity contribution in [1.82, 2.24) is 0 Å². The van der Waals surface area contributed by atoms with Gasteiger partial charge in [-0.1, -0.05) is 94.0 Å². The van der Waals surface area contributed by atoms with Gasteiger partial charge in [0.1, 0.15) is 12.2 Å². The second kappa shape index (κ2) is 29.1. The van der Waals surface area contributed by atoms with E-state index in [4.69, 9.17) is 75.7 Å². The normalized spacial score (nSPS) is 35.7. The Kier molecular flexibility index (Phi) is 25.5. The van der Waals surface area contributed by atoms with Crippen LogP contribution in [0.25, 0.3) is 0 Å². The fourth-order valence-corrected chi connectivity index (χ4v) is 10.8. The molecule has 5 fully saturated rings. The van der Waals surface area contributed by atoms with Gasteiger partial charge in [-0.25, -0.2) is 4.79 Å². The summed E-state index contributed by atoms with van der Waals surface area (Å²) in [6.45, 7) is 9.21. The van der Waals surface area contributed by atoms with Crippen LogP contribution < -0.4 is 0 Å². The summed E-state index contributed by atoms with van der Waals surface area (Å²) in [6, 6.07) is 15.1.